The lowest BCUT2D eigenvalue weighted by atomic mass is 9.67. The molecule has 1 aromatic carbocycles. The van der Waals surface area contributed by atoms with Crippen LogP contribution in [0, 0.1) is 24.7 Å². The van der Waals surface area contributed by atoms with Crippen LogP contribution >= 0.6 is 0 Å². The van der Waals surface area contributed by atoms with Crippen molar-refractivity contribution in [2.45, 2.75) is 39.0 Å². The maximum Gasteiger partial charge on any atom is 0.337 e. The zero-order valence-corrected chi connectivity index (χ0v) is 16.2. The van der Waals surface area contributed by atoms with Gasteiger partial charge < -0.3 is 14.8 Å². The average molecular weight is 387 g/mol. The molecule has 0 aromatic heterocycles. The van der Waals surface area contributed by atoms with Crippen molar-refractivity contribution in [1.82, 2.24) is 0 Å². The number of hydrogen-bond donors (Lipinski definition) is 1. The number of anilines is 1. The van der Waals surface area contributed by atoms with Gasteiger partial charge >= 0.3 is 11.9 Å². The van der Waals surface area contributed by atoms with Crippen LogP contribution in [0.1, 0.15) is 48.0 Å². The van der Waals surface area contributed by atoms with Crippen LogP contribution in [0.4, 0.5) is 5.69 Å². The quantitative estimate of drug-likeness (QED) is 0.780. The summed E-state index contributed by atoms with van der Waals surface area (Å²) in [5.41, 5.74) is 1.55. The van der Waals surface area contributed by atoms with Crippen LogP contribution in [0.3, 0.4) is 0 Å². The second-order valence-electron chi connectivity index (χ2n) is 7.57. The molecule has 3 rings (SSSR count). The Morgan fingerprint density at radius 1 is 1.14 bits per heavy atom. The summed E-state index contributed by atoms with van der Waals surface area (Å²) >= 11 is 0. The number of aryl methyl sites for hydroxylation is 1. The van der Waals surface area contributed by atoms with Gasteiger partial charge in [0.25, 0.3) is 5.91 Å². The molecule has 2 aliphatic carbocycles. The number of ketones is 1. The van der Waals surface area contributed by atoms with Gasteiger partial charge in [-0.05, 0) is 50.3 Å². The third-order valence-electron chi connectivity index (χ3n) is 5.66. The van der Waals surface area contributed by atoms with Gasteiger partial charge in [0.1, 0.15) is 5.78 Å². The van der Waals surface area contributed by atoms with Crippen molar-refractivity contribution in [2.75, 3.05) is 19.0 Å². The fraction of sp³-hybridized carbons (Fsp3) is 0.524. The van der Waals surface area contributed by atoms with E-state index in [-0.39, 0.29) is 23.5 Å². The fourth-order valence-corrected chi connectivity index (χ4v) is 4.11. The third-order valence-corrected chi connectivity index (χ3v) is 5.66. The van der Waals surface area contributed by atoms with Crippen molar-refractivity contribution >= 4 is 29.3 Å². The van der Waals surface area contributed by atoms with Crippen molar-refractivity contribution in [3.8, 4) is 0 Å². The zero-order valence-electron chi connectivity index (χ0n) is 16.2. The fourth-order valence-electron chi connectivity index (χ4n) is 4.11. The van der Waals surface area contributed by atoms with E-state index < -0.39 is 24.5 Å². The highest BCUT2D eigenvalue weighted by Gasteiger charge is 2.41. The van der Waals surface area contributed by atoms with Gasteiger partial charge in [-0.3, -0.25) is 14.4 Å². The summed E-state index contributed by atoms with van der Waals surface area (Å²) in [5.74, 6) is -1.51. The second-order valence-corrected chi connectivity index (χ2v) is 7.57. The Hall–Kier alpha value is -2.70. The molecule has 7 heteroatoms. The van der Waals surface area contributed by atoms with E-state index in [1.807, 2.05) is 0 Å². The summed E-state index contributed by atoms with van der Waals surface area (Å²) in [4.78, 5) is 48.3. The maximum absolute atomic E-state index is 12.4. The number of hydrogen-bond acceptors (Lipinski definition) is 6. The van der Waals surface area contributed by atoms with Gasteiger partial charge in [-0.25, -0.2) is 4.79 Å². The summed E-state index contributed by atoms with van der Waals surface area (Å²) in [7, 11) is 1.28. The lowest BCUT2D eigenvalue weighted by Gasteiger charge is -2.36. The Bertz CT molecular complexity index is 786. The summed E-state index contributed by atoms with van der Waals surface area (Å²) in [6, 6.07) is 4.83. The highest BCUT2D eigenvalue weighted by molar-refractivity contribution is 5.96. The van der Waals surface area contributed by atoms with E-state index in [0.717, 1.165) is 24.8 Å². The largest absolute Gasteiger partial charge is 0.465 e. The Kier molecular flexibility index (Phi) is 6.11. The summed E-state index contributed by atoms with van der Waals surface area (Å²) in [6.07, 6.45) is 3.77. The predicted molar refractivity (Wildman–Crippen MR) is 101 cm³/mol. The number of carbonyl (C=O) groups excluding carboxylic acids is 4. The van der Waals surface area contributed by atoms with Gasteiger partial charge in [0, 0.05) is 17.5 Å². The minimum atomic E-state index is -0.501. The number of nitrogens with one attached hydrogen (secondary N) is 1. The Labute approximate surface area is 163 Å². The van der Waals surface area contributed by atoms with E-state index in [0.29, 0.717) is 24.1 Å². The molecule has 0 radical (unpaired) electrons. The van der Waals surface area contributed by atoms with Crippen molar-refractivity contribution in [1.29, 1.82) is 0 Å². The van der Waals surface area contributed by atoms with Crippen LogP contribution in [0.5, 0.6) is 0 Å². The number of rotatable bonds is 5. The molecule has 150 valence electrons. The summed E-state index contributed by atoms with van der Waals surface area (Å²) in [5, 5.41) is 2.66. The highest BCUT2D eigenvalue weighted by Crippen LogP contribution is 2.40. The maximum atomic E-state index is 12.4. The average Bonchev–Trinajstić information content (AvgIpc) is 2.67. The molecule has 0 aliphatic heterocycles. The first-order valence-electron chi connectivity index (χ1n) is 9.58. The van der Waals surface area contributed by atoms with Crippen molar-refractivity contribution < 1.29 is 28.7 Å². The Morgan fingerprint density at radius 3 is 2.46 bits per heavy atom. The molecule has 2 fully saturated rings. The van der Waals surface area contributed by atoms with Crippen molar-refractivity contribution in [2.24, 2.45) is 17.8 Å². The number of carbonyl (C=O) groups is 4. The third kappa shape index (κ3) is 4.40. The first-order valence-corrected chi connectivity index (χ1v) is 9.58. The normalized spacial score (nSPS) is 23.6. The molecule has 3 atom stereocenters. The SMILES string of the molecule is COC(=O)c1ccc(C)c(NC(=O)COC(=O)C2C[C@H]3CCC[C@@H](C2)C3=O)c1. The van der Waals surface area contributed by atoms with Crippen LogP contribution in [0.2, 0.25) is 0 Å². The van der Waals surface area contributed by atoms with Crippen LogP contribution in [0.15, 0.2) is 18.2 Å². The number of ether oxygens (including phenoxy) is 2. The number of esters is 2. The Balaban J connectivity index is 1.54. The van der Waals surface area contributed by atoms with Crippen LogP contribution in [-0.2, 0) is 23.9 Å². The van der Waals surface area contributed by atoms with Crippen LogP contribution < -0.4 is 5.32 Å². The minimum Gasteiger partial charge on any atom is -0.465 e. The molecule has 1 N–H and O–H groups in total. The lowest BCUT2D eigenvalue weighted by molar-refractivity contribution is -0.155. The van der Waals surface area contributed by atoms with E-state index in [4.69, 9.17) is 4.74 Å². The van der Waals surface area contributed by atoms with Crippen LogP contribution in [0.25, 0.3) is 0 Å². The molecular weight excluding hydrogens is 362 g/mol. The minimum absolute atomic E-state index is 0.0393. The first kappa shape index (κ1) is 20.0. The predicted octanol–water partition coefficient (Wildman–Crippen LogP) is 2.66. The molecule has 1 unspecified atom stereocenters. The molecule has 7 nitrogen and oxygen atoms in total. The number of methoxy groups -OCH3 is 1. The number of amides is 1. The van der Waals surface area contributed by atoms with Crippen molar-refractivity contribution in [3.63, 3.8) is 0 Å². The molecule has 0 saturated heterocycles. The monoisotopic (exact) mass is 387 g/mol. The number of benzene rings is 1. The molecule has 28 heavy (non-hydrogen) atoms. The van der Waals surface area contributed by atoms with E-state index in [1.54, 1.807) is 19.1 Å². The van der Waals surface area contributed by atoms with E-state index in [9.17, 15) is 19.2 Å². The lowest BCUT2D eigenvalue weighted by Crippen LogP contribution is -2.40. The first-order chi connectivity index (χ1) is 13.4. The topological polar surface area (TPSA) is 98.8 Å². The molecule has 1 amide bonds. The van der Waals surface area contributed by atoms with Gasteiger partial charge in [-0.1, -0.05) is 12.5 Å². The molecule has 2 saturated carbocycles. The smallest absolute Gasteiger partial charge is 0.337 e. The molecule has 2 aliphatic rings. The molecule has 0 heterocycles. The van der Waals surface area contributed by atoms with E-state index in [2.05, 4.69) is 10.1 Å². The summed E-state index contributed by atoms with van der Waals surface area (Å²) < 4.78 is 9.88. The van der Waals surface area contributed by atoms with Gasteiger partial charge in [0.2, 0.25) is 0 Å². The number of fused-ring (bicyclic) bond motifs is 2. The van der Waals surface area contributed by atoms with Gasteiger partial charge in [-0.15, -0.1) is 0 Å². The second kappa shape index (κ2) is 8.54. The summed E-state index contributed by atoms with van der Waals surface area (Å²) in [6.45, 7) is 1.39. The highest BCUT2D eigenvalue weighted by atomic mass is 16.5. The molecule has 0 spiro atoms. The van der Waals surface area contributed by atoms with Crippen LogP contribution in [-0.4, -0.2) is 37.3 Å². The van der Waals surface area contributed by atoms with Gasteiger partial charge in [-0.2, -0.15) is 0 Å². The van der Waals surface area contributed by atoms with Gasteiger partial charge in [0.05, 0.1) is 18.6 Å². The van der Waals surface area contributed by atoms with Gasteiger partial charge in [0.15, 0.2) is 6.61 Å². The Morgan fingerprint density at radius 2 is 1.82 bits per heavy atom. The molecule has 2 bridgehead atoms. The van der Waals surface area contributed by atoms with E-state index >= 15 is 0 Å². The zero-order chi connectivity index (χ0) is 20.3. The molecular formula is C21H25NO6. The number of Topliss-reactive ketones (excluding diaryl/α,β-unsaturated/α-hetero) is 1. The van der Waals surface area contributed by atoms with Crippen molar-refractivity contribution in [3.05, 3.63) is 29.3 Å². The standard InChI is InChI=1S/C21H25NO6/c1-12-6-7-15(20(25)27-2)10-17(12)22-18(23)11-28-21(26)16-8-13-4-3-5-14(9-16)19(13)24/h6-7,10,13-14,16H,3-5,8-9,11H2,1-2H3,(H,22,23)/t13-,14+,16?. The molecule has 1 aromatic rings. The van der Waals surface area contributed by atoms with E-state index in [1.165, 1.54) is 13.2 Å².